The molecule has 2 fully saturated rings. The van der Waals surface area contributed by atoms with Crippen LogP contribution in [-0.2, 0) is 4.74 Å². The van der Waals surface area contributed by atoms with Gasteiger partial charge in [0.25, 0.3) is 5.95 Å². The van der Waals surface area contributed by atoms with E-state index >= 15 is 0 Å². The maximum atomic E-state index is 14.5. The summed E-state index contributed by atoms with van der Waals surface area (Å²) in [7, 11) is 1.82. The van der Waals surface area contributed by atoms with E-state index in [4.69, 9.17) is 9.26 Å². The number of halogens is 1. The molecule has 3 aromatic rings. The molecule has 1 saturated carbocycles. The van der Waals surface area contributed by atoms with Crippen molar-refractivity contribution in [3.8, 4) is 5.95 Å². The molecule has 1 aliphatic heterocycles. The van der Waals surface area contributed by atoms with Gasteiger partial charge in [-0.15, -0.1) is 0 Å². The number of methoxy groups -OCH3 is 1. The van der Waals surface area contributed by atoms with Gasteiger partial charge < -0.3 is 14.2 Å². The van der Waals surface area contributed by atoms with Crippen molar-refractivity contribution in [3.63, 3.8) is 0 Å². The van der Waals surface area contributed by atoms with Crippen molar-refractivity contribution in [1.82, 2.24) is 24.8 Å². The minimum Gasteiger partial charge on any atom is -0.381 e. The molecule has 1 aromatic carbocycles. The Kier molecular flexibility index (Phi) is 5.99. The van der Waals surface area contributed by atoms with Gasteiger partial charge in [-0.3, -0.25) is 0 Å². The Bertz CT molecular complexity index is 1060. The van der Waals surface area contributed by atoms with Crippen LogP contribution in [0, 0.1) is 5.82 Å². The predicted molar refractivity (Wildman–Crippen MR) is 120 cm³/mol. The third-order valence-electron chi connectivity index (χ3n) is 7.22. The van der Waals surface area contributed by atoms with E-state index < -0.39 is 0 Å². The molecule has 172 valence electrons. The molecule has 0 unspecified atom stereocenters. The van der Waals surface area contributed by atoms with Gasteiger partial charge in [0, 0.05) is 19.1 Å². The van der Waals surface area contributed by atoms with Gasteiger partial charge >= 0.3 is 0 Å². The van der Waals surface area contributed by atoms with Crippen LogP contribution in [0.2, 0.25) is 0 Å². The lowest BCUT2D eigenvalue weighted by Crippen LogP contribution is -2.43. The van der Waals surface area contributed by atoms with Crippen molar-refractivity contribution in [2.45, 2.75) is 76.4 Å². The monoisotopic (exact) mass is 441 g/mol. The number of nitrogens with zero attached hydrogens (tertiary/aromatic N) is 5. The number of benzene rings is 1. The number of ether oxygens (including phenoxy) is 1. The SMILES string of the molecule is COC1CCC(N2CCC(c3nc(-n4nc(C(C)C)c5c(F)cccc54)no3)CC2)CC1. The summed E-state index contributed by atoms with van der Waals surface area (Å²) in [5, 5.41) is 9.38. The van der Waals surface area contributed by atoms with Gasteiger partial charge in [0.15, 0.2) is 0 Å². The normalized spacial score (nSPS) is 23.4. The second-order valence-electron chi connectivity index (χ2n) is 9.49. The maximum absolute atomic E-state index is 14.5. The lowest BCUT2D eigenvalue weighted by atomic mass is 9.89. The van der Waals surface area contributed by atoms with Crippen molar-refractivity contribution in [1.29, 1.82) is 0 Å². The zero-order chi connectivity index (χ0) is 22.2. The van der Waals surface area contributed by atoms with Crippen LogP contribution in [0.4, 0.5) is 4.39 Å². The number of piperidine rings is 1. The molecule has 1 aliphatic carbocycles. The van der Waals surface area contributed by atoms with E-state index in [0.717, 1.165) is 38.8 Å². The van der Waals surface area contributed by atoms with Gasteiger partial charge in [0.05, 0.1) is 22.7 Å². The van der Waals surface area contributed by atoms with Gasteiger partial charge in [0.1, 0.15) is 5.82 Å². The van der Waals surface area contributed by atoms with E-state index in [-0.39, 0.29) is 17.7 Å². The van der Waals surface area contributed by atoms with E-state index in [1.54, 1.807) is 10.7 Å². The van der Waals surface area contributed by atoms with Gasteiger partial charge in [-0.1, -0.05) is 19.9 Å². The zero-order valence-corrected chi connectivity index (χ0v) is 19.1. The molecule has 2 aliphatic rings. The van der Waals surface area contributed by atoms with Gasteiger partial charge in [-0.05, 0) is 74.8 Å². The van der Waals surface area contributed by atoms with Crippen LogP contribution in [0.15, 0.2) is 22.7 Å². The van der Waals surface area contributed by atoms with E-state index in [1.165, 1.54) is 18.9 Å². The van der Waals surface area contributed by atoms with Crippen LogP contribution < -0.4 is 0 Å². The summed E-state index contributed by atoms with van der Waals surface area (Å²) in [6, 6.07) is 5.68. The number of hydrogen-bond donors (Lipinski definition) is 0. The largest absolute Gasteiger partial charge is 0.381 e. The Morgan fingerprint density at radius 3 is 2.53 bits per heavy atom. The quantitative estimate of drug-likeness (QED) is 0.566. The molecule has 0 N–H and O–H groups in total. The molecule has 7 nitrogen and oxygen atoms in total. The average Bonchev–Trinajstić information content (AvgIpc) is 3.45. The highest BCUT2D eigenvalue weighted by atomic mass is 19.1. The first kappa shape index (κ1) is 21.5. The molecule has 8 heteroatoms. The average molecular weight is 442 g/mol. The standard InChI is InChI=1S/C24H32FN5O2/c1-15(2)22-21-19(25)5-4-6-20(21)30(27-22)24-26-23(32-28-24)16-11-13-29(14-12-16)17-7-9-18(31-3)10-8-17/h4-6,15-18H,7-14H2,1-3H3. The van der Waals surface area contributed by atoms with Crippen molar-refractivity contribution in [2.75, 3.05) is 20.2 Å². The molecular weight excluding hydrogens is 409 g/mol. The van der Waals surface area contributed by atoms with Crippen LogP contribution in [0.3, 0.4) is 0 Å². The number of fused-ring (bicyclic) bond motifs is 1. The maximum Gasteiger partial charge on any atom is 0.291 e. The fraction of sp³-hybridized carbons (Fsp3) is 0.625. The van der Waals surface area contributed by atoms with Gasteiger partial charge in [-0.25, -0.2) is 4.39 Å². The van der Waals surface area contributed by atoms with E-state index in [9.17, 15) is 4.39 Å². The first-order valence-corrected chi connectivity index (χ1v) is 11.8. The Hall–Kier alpha value is -2.32. The molecule has 32 heavy (non-hydrogen) atoms. The minimum absolute atomic E-state index is 0.0882. The summed E-state index contributed by atoms with van der Waals surface area (Å²) in [4.78, 5) is 7.30. The second kappa shape index (κ2) is 8.90. The van der Waals surface area contributed by atoms with Crippen LogP contribution in [0.25, 0.3) is 16.9 Å². The second-order valence-corrected chi connectivity index (χ2v) is 9.49. The third kappa shape index (κ3) is 3.94. The van der Waals surface area contributed by atoms with Gasteiger partial charge in [-0.2, -0.15) is 14.8 Å². The molecule has 2 aromatic heterocycles. The highest BCUT2D eigenvalue weighted by Gasteiger charge is 2.31. The fourth-order valence-corrected chi connectivity index (χ4v) is 5.35. The van der Waals surface area contributed by atoms with Gasteiger partial charge in [0.2, 0.25) is 5.89 Å². The molecule has 0 spiro atoms. The van der Waals surface area contributed by atoms with E-state index in [1.807, 2.05) is 27.0 Å². The van der Waals surface area contributed by atoms with Crippen molar-refractivity contribution in [2.24, 2.45) is 0 Å². The molecule has 5 rings (SSSR count). The first-order chi connectivity index (χ1) is 15.5. The Morgan fingerprint density at radius 1 is 1.09 bits per heavy atom. The number of aromatic nitrogens is 4. The lowest BCUT2D eigenvalue weighted by molar-refractivity contribution is 0.0311. The topological polar surface area (TPSA) is 69.2 Å². The lowest BCUT2D eigenvalue weighted by Gasteiger charge is -2.40. The smallest absolute Gasteiger partial charge is 0.291 e. The van der Waals surface area contributed by atoms with Crippen LogP contribution in [-0.4, -0.2) is 57.2 Å². The molecule has 1 saturated heterocycles. The van der Waals surface area contributed by atoms with Crippen molar-refractivity contribution >= 4 is 10.9 Å². The Morgan fingerprint density at radius 2 is 1.84 bits per heavy atom. The Labute approximate surface area is 187 Å². The molecule has 0 bridgehead atoms. The van der Waals surface area contributed by atoms with E-state index in [0.29, 0.717) is 40.6 Å². The first-order valence-electron chi connectivity index (χ1n) is 11.8. The molecule has 3 heterocycles. The molecule has 0 amide bonds. The Balaban J connectivity index is 1.30. The van der Waals surface area contributed by atoms with E-state index in [2.05, 4.69) is 20.1 Å². The highest BCUT2D eigenvalue weighted by molar-refractivity contribution is 5.84. The van der Waals surface area contributed by atoms with Crippen LogP contribution in [0.5, 0.6) is 0 Å². The summed E-state index contributed by atoms with van der Waals surface area (Å²) in [5.74, 6) is 1.11. The number of hydrogen-bond acceptors (Lipinski definition) is 6. The van der Waals surface area contributed by atoms with Crippen molar-refractivity contribution in [3.05, 3.63) is 35.6 Å². The minimum atomic E-state index is -0.270. The van der Waals surface area contributed by atoms with Crippen LogP contribution >= 0.6 is 0 Å². The summed E-state index contributed by atoms with van der Waals surface area (Å²) >= 11 is 0. The summed E-state index contributed by atoms with van der Waals surface area (Å²) in [6.45, 7) is 6.13. The molecule has 0 radical (unpaired) electrons. The van der Waals surface area contributed by atoms with Crippen molar-refractivity contribution < 1.29 is 13.7 Å². The molecular formula is C24H32FN5O2. The fourth-order valence-electron chi connectivity index (χ4n) is 5.35. The van der Waals surface area contributed by atoms with Crippen LogP contribution in [0.1, 0.15) is 75.8 Å². The summed E-state index contributed by atoms with van der Waals surface area (Å²) < 4.78 is 27.3. The zero-order valence-electron chi connectivity index (χ0n) is 19.1. The number of likely N-dealkylation sites (tertiary alicyclic amines) is 1. The predicted octanol–water partition coefficient (Wildman–Crippen LogP) is 4.81. The molecule has 0 atom stereocenters. The third-order valence-corrected chi connectivity index (χ3v) is 7.22. The summed E-state index contributed by atoms with van der Waals surface area (Å²) in [6.07, 6.45) is 7.21. The highest BCUT2D eigenvalue weighted by Crippen LogP contribution is 2.33. The number of rotatable bonds is 5. The summed E-state index contributed by atoms with van der Waals surface area (Å²) in [5.41, 5.74) is 1.38.